The molecule has 0 saturated heterocycles. The first-order valence-electron chi connectivity index (χ1n) is 26.7. The lowest BCUT2D eigenvalue weighted by Crippen LogP contribution is -2.30. The van der Waals surface area contributed by atoms with Crippen molar-refractivity contribution >= 4 is 17.9 Å². The Balaban J connectivity index is 4.32. The summed E-state index contributed by atoms with van der Waals surface area (Å²) in [5.74, 6) is -0.857. The molecule has 0 rings (SSSR count). The number of carbonyl (C=O) groups excluding carboxylic acids is 3. The van der Waals surface area contributed by atoms with E-state index in [2.05, 4.69) is 32.9 Å². The lowest BCUT2D eigenvalue weighted by Gasteiger charge is -2.18. The summed E-state index contributed by atoms with van der Waals surface area (Å²) in [6.45, 7) is 6.65. The lowest BCUT2D eigenvalue weighted by atomic mass is 10.0. The van der Waals surface area contributed by atoms with Crippen LogP contribution in [0.1, 0.15) is 297 Å². The van der Waals surface area contributed by atoms with Gasteiger partial charge in [0, 0.05) is 19.3 Å². The molecule has 0 unspecified atom stereocenters. The Bertz CT molecular complexity index is 931. The zero-order chi connectivity index (χ0) is 43.7. The minimum atomic E-state index is -0.766. The largest absolute Gasteiger partial charge is 0.462 e. The number of hydrogen-bond donors (Lipinski definition) is 0. The molecule has 6 heteroatoms. The molecule has 0 aliphatic heterocycles. The van der Waals surface area contributed by atoms with Gasteiger partial charge in [0.05, 0.1) is 0 Å². The van der Waals surface area contributed by atoms with Crippen molar-refractivity contribution in [2.24, 2.45) is 0 Å². The highest BCUT2D eigenvalue weighted by Crippen LogP contribution is 2.17. The molecule has 0 aromatic heterocycles. The molecule has 0 bridgehead atoms. The molecule has 0 amide bonds. The van der Waals surface area contributed by atoms with Crippen LogP contribution in [0.25, 0.3) is 0 Å². The third kappa shape index (κ3) is 47.2. The van der Waals surface area contributed by atoms with Gasteiger partial charge in [0.25, 0.3) is 0 Å². The lowest BCUT2D eigenvalue weighted by molar-refractivity contribution is -0.167. The van der Waals surface area contributed by atoms with Crippen LogP contribution >= 0.6 is 0 Å². The number of rotatable bonds is 49. The molecule has 60 heavy (non-hydrogen) atoms. The second kappa shape index (κ2) is 49.8. The maximum Gasteiger partial charge on any atom is 0.306 e. The Morgan fingerprint density at radius 2 is 0.550 bits per heavy atom. The highest BCUT2D eigenvalue weighted by molar-refractivity contribution is 5.71. The Kier molecular flexibility index (Phi) is 48.3. The van der Waals surface area contributed by atoms with E-state index < -0.39 is 6.10 Å². The van der Waals surface area contributed by atoms with Crippen LogP contribution in [0.2, 0.25) is 0 Å². The normalized spacial score (nSPS) is 12.0. The molecule has 0 N–H and O–H groups in total. The number of hydrogen-bond acceptors (Lipinski definition) is 6. The summed E-state index contributed by atoms with van der Waals surface area (Å²) in [5.41, 5.74) is 0. The molecule has 0 saturated carbocycles. The molecule has 0 heterocycles. The zero-order valence-electron chi connectivity index (χ0n) is 40.5. The third-order valence-electron chi connectivity index (χ3n) is 12.0. The van der Waals surface area contributed by atoms with Gasteiger partial charge in [0.1, 0.15) is 13.2 Å². The van der Waals surface area contributed by atoms with E-state index in [1.165, 1.54) is 193 Å². The molecule has 0 aliphatic rings. The van der Waals surface area contributed by atoms with Gasteiger partial charge in [0.2, 0.25) is 0 Å². The smallest absolute Gasteiger partial charge is 0.306 e. The van der Waals surface area contributed by atoms with Crippen LogP contribution in [0.3, 0.4) is 0 Å². The molecule has 354 valence electrons. The number of unbranched alkanes of at least 4 members (excludes halogenated alkanes) is 36. The van der Waals surface area contributed by atoms with Crippen molar-refractivity contribution in [2.45, 2.75) is 303 Å². The van der Waals surface area contributed by atoms with Crippen molar-refractivity contribution in [1.82, 2.24) is 0 Å². The van der Waals surface area contributed by atoms with Gasteiger partial charge in [-0.1, -0.05) is 245 Å². The average Bonchev–Trinajstić information content (AvgIpc) is 3.24. The summed E-state index contributed by atoms with van der Waals surface area (Å²) in [5, 5.41) is 0. The van der Waals surface area contributed by atoms with Gasteiger partial charge in [-0.3, -0.25) is 14.4 Å². The molecule has 6 nitrogen and oxygen atoms in total. The summed E-state index contributed by atoms with van der Waals surface area (Å²) >= 11 is 0. The first-order valence-corrected chi connectivity index (χ1v) is 26.7. The second-order valence-corrected chi connectivity index (χ2v) is 18.2. The molecule has 0 aromatic carbocycles. The van der Waals surface area contributed by atoms with Crippen molar-refractivity contribution in [3.8, 4) is 0 Å². The van der Waals surface area contributed by atoms with Crippen molar-refractivity contribution in [2.75, 3.05) is 13.2 Å². The van der Waals surface area contributed by atoms with Crippen molar-refractivity contribution in [3.05, 3.63) is 12.2 Å². The molecule has 1 atom stereocenters. The van der Waals surface area contributed by atoms with E-state index in [1.807, 2.05) is 0 Å². The van der Waals surface area contributed by atoms with Crippen LogP contribution in [0, 0.1) is 0 Å². The Morgan fingerprint density at radius 3 is 0.867 bits per heavy atom. The predicted molar refractivity (Wildman–Crippen MR) is 256 cm³/mol. The molecule has 0 aliphatic carbocycles. The topological polar surface area (TPSA) is 78.9 Å². The maximum atomic E-state index is 12.8. The van der Waals surface area contributed by atoms with E-state index in [9.17, 15) is 14.4 Å². The summed E-state index contributed by atoms with van der Waals surface area (Å²) in [6, 6.07) is 0. The SMILES string of the molecule is CCCCC/C=C\CCCCCCCC(=O)OC[C@H](COC(=O)CCCCCCCCCCCCCCCCC)OC(=O)CCCCCCCCCCCCCCCCC. The van der Waals surface area contributed by atoms with E-state index in [0.29, 0.717) is 19.3 Å². The summed E-state index contributed by atoms with van der Waals surface area (Å²) in [6.07, 6.45) is 54.8. The Morgan fingerprint density at radius 1 is 0.317 bits per heavy atom. The van der Waals surface area contributed by atoms with Crippen LogP contribution in [-0.2, 0) is 28.6 Å². The van der Waals surface area contributed by atoms with Gasteiger partial charge in [-0.2, -0.15) is 0 Å². The van der Waals surface area contributed by atoms with Gasteiger partial charge < -0.3 is 14.2 Å². The quantitative estimate of drug-likeness (QED) is 0.0263. The molecular formula is C54H102O6. The molecule has 0 radical (unpaired) electrons. The van der Waals surface area contributed by atoms with E-state index in [0.717, 1.165) is 64.2 Å². The fourth-order valence-corrected chi connectivity index (χ4v) is 7.97. The van der Waals surface area contributed by atoms with Crippen LogP contribution in [-0.4, -0.2) is 37.2 Å². The number of ether oxygens (including phenoxy) is 3. The minimum Gasteiger partial charge on any atom is -0.462 e. The van der Waals surface area contributed by atoms with Crippen LogP contribution in [0.4, 0.5) is 0 Å². The number of esters is 3. The van der Waals surface area contributed by atoms with E-state index in [4.69, 9.17) is 14.2 Å². The van der Waals surface area contributed by atoms with Gasteiger partial charge in [-0.15, -0.1) is 0 Å². The Labute approximate surface area is 373 Å². The zero-order valence-corrected chi connectivity index (χ0v) is 40.5. The van der Waals surface area contributed by atoms with E-state index in [1.54, 1.807) is 0 Å². The van der Waals surface area contributed by atoms with E-state index in [-0.39, 0.29) is 31.1 Å². The molecule has 0 spiro atoms. The summed E-state index contributed by atoms with van der Waals surface area (Å²) in [7, 11) is 0. The van der Waals surface area contributed by atoms with Crippen LogP contribution in [0.15, 0.2) is 12.2 Å². The minimum absolute atomic E-state index is 0.0670. The molecular weight excluding hydrogens is 745 g/mol. The first-order chi connectivity index (χ1) is 29.5. The monoisotopic (exact) mass is 847 g/mol. The third-order valence-corrected chi connectivity index (χ3v) is 12.0. The van der Waals surface area contributed by atoms with Crippen LogP contribution < -0.4 is 0 Å². The van der Waals surface area contributed by atoms with Gasteiger partial charge in [-0.25, -0.2) is 0 Å². The van der Waals surface area contributed by atoms with E-state index >= 15 is 0 Å². The molecule has 0 fully saturated rings. The highest BCUT2D eigenvalue weighted by Gasteiger charge is 2.19. The number of carbonyl (C=O) groups is 3. The second-order valence-electron chi connectivity index (χ2n) is 18.2. The standard InChI is InChI=1S/C54H102O6/c1-4-7-10-13-16-19-22-25-27-29-32-35-38-41-44-47-53(56)59-50-51(49-58-52(55)46-43-40-37-34-31-24-21-18-15-12-9-6-3)60-54(57)48-45-42-39-36-33-30-28-26-23-20-17-14-11-8-5-2/h18,21,51H,4-17,19-20,22-50H2,1-3H3/b21-18-/t51-/m1/s1. The predicted octanol–water partition coefficient (Wildman–Crippen LogP) is 17.4. The van der Waals surface area contributed by atoms with Crippen molar-refractivity contribution in [1.29, 1.82) is 0 Å². The molecule has 0 aromatic rings. The maximum absolute atomic E-state index is 12.8. The van der Waals surface area contributed by atoms with Crippen molar-refractivity contribution < 1.29 is 28.6 Å². The Hall–Kier alpha value is -1.85. The van der Waals surface area contributed by atoms with Gasteiger partial charge in [-0.05, 0) is 44.9 Å². The fourth-order valence-electron chi connectivity index (χ4n) is 7.97. The summed E-state index contributed by atoms with van der Waals surface area (Å²) in [4.78, 5) is 38.0. The van der Waals surface area contributed by atoms with Crippen LogP contribution in [0.5, 0.6) is 0 Å². The van der Waals surface area contributed by atoms with Crippen molar-refractivity contribution in [3.63, 3.8) is 0 Å². The first kappa shape index (κ1) is 58.1. The highest BCUT2D eigenvalue weighted by atomic mass is 16.6. The van der Waals surface area contributed by atoms with Gasteiger partial charge in [0.15, 0.2) is 6.10 Å². The fraction of sp³-hybridized carbons (Fsp3) is 0.907. The summed E-state index contributed by atoms with van der Waals surface area (Å²) < 4.78 is 16.8. The van der Waals surface area contributed by atoms with Gasteiger partial charge >= 0.3 is 17.9 Å². The number of allylic oxidation sites excluding steroid dienone is 2. The average molecular weight is 847 g/mol.